The van der Waals surface area contributed by atoms with Gasteiger partial charge in [-0.05, 0) is 54.3 Å². The number of nitrogens with one attached hydrogen (secondary N) is 1. The summed E-state index contributed by atoms with van der Waals surface area (Å²) in [5.74, 6) is 0.846. The van der Waals surface area contributed by atoms with Crippen molar-refractivity contribution in [1.82, 2.24) is 10.2 Å². The molecule has 2 aromatic carbocycles. The van der Waals surface area contributed by atoms with Crippen LogP contribution in [0.5, 0.6) is 11.5 Å². The number of rotatable bonds is 9. The number of urea groups is 1. The van der Waals surface area contributed by atoms with Gasteiger partial charge in [0, 0.05) is 16.6 Å². The summed E-state index contributed by atoms with van der Waals surface area (Å²) in [5, 5.41) is 2.64. The molecule has 0 atom stereocenters. The second-order valence-corrected chi connectivity index (χ2v) is 7.98. The minimum Gasteiger partial charge on any atom is -0.493 e. The molecule has 0 bridgehead atoms. The normalized spacial score (nSPS) is 14.7. The Balaban J connectivity index is 1.90. The van der Waals surface area contributed by atoms with Gasteiger partial charge in [0.15, 0.2) is 11.5 Å². The Morgan fingerprint density at radius 1 is 1.19 bits per heavy atom. The second kappa shape index (κ2) is 10.3. The third kappa shape index (κ3) is 5.35. The first-order valence-corrected chi connectivity index (χ1v) is 10.8. The number of imide groups is 1. The number of allylic oxidation sites excluding steroid dienone is 1. The molecule has 0 aliphatic carbocycles. The number of ether oxygens (including phenoxy) is 2. The predicted octanol–water partition coefficient (Wildman–Crippen LogP) is 5.07. The van der Waals surface area contributed by atoms with Crippen LogP contribution in [0.15, 0.2) is 59.2 Å². The fourth-order valence-electron chi connectivity index (χ4n) is 3.29. The van der Waals surface area contributed by atoms with Gasteiger partial charge in [0.1, 0.15) is 12.3 Å². The highest BCUT2D eigenvalue weighted by Crippen LogP contribution is 2.35. The minimum atomic E-state index is -0.397. The summed E-state index contributed by atoms with van der Waals surface area (Å²) in [4.78, 5) is 25.8. The molecule has 0 unspecified atom stereocenters. The average Bonchev–Trinajstić information content (AvgIpc) is 3.01. The van der Waals surface area contributed by atoms with E-state index in [2.05, 4.69) is 27.8 Å². The molecule has 2 aromatic rings. The van der Waals surface area contributed by atoms with Gasteiger partial charge in [0.25, 0.3) is 5.91 Å². The van der Waals surface area contributed by atoms with Crippen LogP contribution in [0.4, 0.5) is 4.79 Å². The van der Waals surface area contributed by atoms with Gasteiger partial charge in [-0.25, -0.2) is 4.79 Å². The number of halogens is 1. The molecule has 1 heterocycles. The van der Waals surface area contributed by atoms with E-state index in [0.29, 0.717) is 37.5 Å². The molecule has 3 rings (SSSR count). The fourth-order valence-corrected chi connectivity index (χ4v) is 3.55. The molecule has 0 radical (unpaired) electrons. The Bertz CT molecular complexity index is 1010. The van der Waals surface area contributed by atoms with Crippen LogP contribution in [0.3, 0.4) is 0 Å². The van der Waals surface area contributed by atoms with Crippen molar-refractivity contribution in [1.29, 1.82) is 0 Å². The predicted molar refractivity (Wildman–Crippen MR) is 124 cm³/mol. The molecule has 1 aliphatic heterocycles. The second-order valence-electron chi connectivity index (χ2n) is 7.06. The largest absolute Gasteiger partial charge is 0.493 e. The van der Waals surface area contributed by atoms with Gasteiger partial charge < -0.3 is 14.8 Å². The monoisotopic (exact) mass is 484 g/mol. The molecule has 1 fully saturated rings. The van der Waals surface area contributed by atoms with E-state index in [-0.39, 0.29) is 11.6 Å². The minimum absolute atomic E-state index is 0.244. The fraction of sp³-hybridized carbons (Fsp3) is 0.250. The maximum atomic E-state index is 12.5. The zero-order chi connectivity index (χ0) is 22.4. The summed E-state index contributed by atoms with van der Waals surface area (Å²) < 4.78 is 12.7. The number of nitrogens with zero attached hydrogens (tertiary/aromatic N) is 1. The summed E-state index contributed by atoms with van der Waals surface area (Å²) in [5.41, 5.74) is 2.87. The Hall–Kier alpha value is -3.06. The van der Waals surface area contributed by atoms with Gasteiger partial charge in [-0.1, -0.05) is 41.1 Å². The number of hydrogen-bond donors (Lipinski definition) is 1. The molecule has 162 valence electrons. The third-order valence-electron chi connectivity index (χ3n) is 4.76. The molecule has 1 N–H and O–H groups in total. The number of benzene rings is 2. The number of carbonyl (C=O) groups excluding carboxylic acids is 2. The first-order chi connectivity index (χ1) is 15.0. The Morgan fingerprint density at radius 2 is 1.94 bits per heavy atom. The molecular weight excluding hydrogens is 460 g/mol. The van der Waals surface area contributed by atoms with Crippen LogP contribution in [0, 0.1) is 0 Å². The maximum absolute atomic E-state index is 12.5. The van der Waals surface area contributed by atoms with Gasteiger partial charge in [0.2, 0.25) is 0 Å². The molecule has 1 aliphatic rings. The molecule has 31 heavy (non-hydrogen) atoms. The van der Waals surface area contributed by atoms with Crippen molar-refractivity contribution < 1.29 is 19.1 Å². The highest BCUT2D eigenvalue weighted by Gasteiger charge is 2.32. The van der Waals surface area contributed by atoms with Gasteiger partial charge in [-0.2, -0.15) is 0 Å². The van der Waals surface area contributed by atoms with Gasteiger partial charge in [-0.3, -0.25) is 9.69 Å². The first kappa shape index (κ1) is 22.6. The Morgan fingerprint density at radius 3 is 2.58 bits per heavy atom. The van der Waals surface area contributed by atoms with E-state index >= 15 is 0 Å². The van der Waals surface area contributed by atoms with Crippen molar-refractivity contribution in [3.8, 4) is 11.5 Å². The lowest BCUT2D eigenvalue weighted by atomic mass is 10.0. The van der Waals surface area contributed by atoms with E-state index in [1.54, 1.807) is 25.3 Å². The molecule has 3 amide bonds. The van der Waals surface area contributed by atoms with Crippen LogP contribution in [0.1, 0.15) is 30.0 Å². The van der Waals surface area contributed by atoms with Crippen LogP contribution in [0.2, 0.25) is 0 Å². The highest BCUT2D eigenvalue weighted by atomic mass is 79.9. The van der Waals surface area contributed by atoms with Crippen molar-refractivity contribution in [3.63, 3.8) is 0 Å². The molecular formula is C24H25BrN2O4. The van der Waals surface area contributed by atoms with Crippen molar-refractivity contribution in [3.05, 3.63) is 75.9 Å². The highest BCUT2D eigenvalue weighted by molar-refractivity contribution is 9.10. The molecule has 0 saturated carbocycles. The van der Waals surface area contributed by atoms with E-state index in [9.17, 15) is 9.59 Å². The number of carbonyl (C=O) groups is 2. The number of amides is 3. The topological polar surface area (TPSA) is 67.9 Å². The molecule has 0 aromatic heterocycles. The van der Waals surface area contributed by atoms with Crippen LogP contribution >= 0.6 is 15.9 Å². The average molecular weight is 485 g/mol. The van der Waals surface area contributed by atoms with Gasteiger partial charge in [0.05, 0.1) is 7.11 Å². The molecule has 1 saturated heterocycles. The number of methoxy groups -OCH3 is 1. The lowest BCUT2D eigenvalue weighted by Gasteiger charge is -2.16. The third-order valence-corrected chi connectivity index (χ3v) is 5.28. The summed E-state index contributed by atoms with van der Waals surface area (Å²) in [6.07, 6.45) is 4.70. The van der Waals surface area contributed by atoms with E-state index in [1.807, 2.05) is 37.3 Å². The van der Waals surface area contributed by atoms with Crippen molar-refractivity contribution >= 4 is 33.9 Å². The summed E-state index contributed by atoms with van der Waals surface area (Å²) >= 11 is 3.43. The van der Waals surface area contributed by atoms with E-state index < -0.39 is 6.03 Å². The first-order valence-electron chi connectivity index (χ1n) is 10.00. The summed E-state index contributed by atoms with van der Waals surface area (Å²) in [7, 11) is 1.57. The smallest absolute Gasteiger partial charge is 0.329 e. The molecule has 6 nitrogen and oxygen atoms in total. The Kier molecular flexibility index (Phi) is 7.52. The lowest BCUT2D eigenvalue weighted by Crippen LogP contribution is -2.31. The van der Waals surface area contributed by atoms with Gasteiger partial charge >= 0.3 is 6.03 Å². The molecule has 0 spiro atoms. The number of hydrogen-bond acceptors (Lipinski definition) is 4. The van der Waals surface area contributed by atoms with Crippen LogP contribution in [0.25, 0.3) is 6.08 Å². The SMILES string of the molecule is C=CCc1cc(/C=C2/NC(=O)N(CCC)C2=O)cc(OC)c1OCc1ccc(Br)cc1. The zero-order valence-electron chi connectivity index (χ0n) is 17.6. The standard InChI is InChI=1S/C24H25BrN2O4/c1-4-6-18-12-17(13-20-23(28)27(11-5-2)24(29)26-20)14-21(30-3)22(18)31-15-16-7-9-19(25)10-8-16/h4,7-10,12-14H,1,5-6,11,15H2,2-3H3,(H,26,29)/b20-13+. The maximum Gasteiger partial charge on any atom is 0.329 e. The summed E-state index contributed by atoms with van der Waals surface area (Å²) in [6, 6.07) is 11.2. The van der Waals surface area contributed by atoms with Gasteiger partial charge in [-0.15, -0.1) is 6.58 Å². The van der Waals surface area contributed by atoms with Crippen LogP contribution in [-0.4, -0.2) is 30.5 Å². The van der Waals surface area contributed by atoms with Crippen molar-refractivity contribution in [2.75, 3.05) is 13.7 Å². The Labute approximate surface area is 190 Å². The van der Waals surface area contributed by atoms with Crippen LogP contribution in [-0.2, 0) is 17.8 Å². The zero-order valence-corrected chi connectivity index (χ0v) is 19.2. The van der Waals surface area contributed by atoms with E-state index in [1.165, 1.54) is 4.90 Å². The summed E-state index contributed by atoms with van der Waals surface area (Å²) in [6.45, 7) is 6.52. The quantitative estimate of drug-likeness (QED) is 0.306. The van der Waals surface area contributed by atoms with Crippen molar-refractivity contribution in [2.24, 2.45) is 0 Å². The lowest BCUT2D eigenvalue weighted by molar-refractivity contribution is -0.122. The molecule has 7 heteroatoms. The van der Waals surface area contributed by atoms with Crippen molar-refractivity contribution in [2.45, 2.75) is 26.4 Å². The van der Waals surface area contributed by atoms with E-state index in [0.717, 1.165) is 21.2 Å². The van der Waals surface area contributed by atoms with E-state index in [4.69, 9.17) is 9.47 Å². The van der Waals surface area contributed by atoms with Crippen LogP contribution < -0.4 is 14.8 Å².